The molecular formula is C14H20FN3O2S. The highest BCUT2D eigenvalue weighted by atomic mass is 32.2. The first kappa shape index (κ1) is 14.7. The van der Waals surface area contributed by atoms with Gasteiger partial charge in [-0.3, -0.25) is 4.90 Å². The zero-order chi connectivity index (χ0) is 15.2. The molecule has 0 spiro atoms. The Morgan fingerprint density at radius 1 is 1.29 bits per heavy atom. The van der Waals surface area contributed by atoms with Crippen LogP contribution in [0.15, 0.2) is 17.0 Å². The number of piperazine rings is 1. The lowest BCUT2D eigenvalue weighted by atomic mass is 10.2. The maximum absolute atomic E-state index is 13.8. The first-order valence-corrected chi connectivity index (χ1v) is 8.63. The number of benzene rings is 1. The average Bonchev–Trinajstić information content (AvgIpc) is 2.91. The number of anilines is 1. The maximum Gasteiger partial charge on any atom is 0.243 e. The van der Waals surface area contributed by atoms with Gasteiger partial charge >= 0.3 is 0 Å². The topological polar surface area (TPSA) is 66.6 Å². The molecule has 0 aromatic heterocycles. The van der Waals surface area contributed by atoms with Gasteiger partial charge in [0.25, 0.3) is 0 Å². The zero-order valence-electron chi connectivity index (χ0n) is 12.0. The molecule has 2 heterocycles. The van der Waals surface area contributed by atoms with Crippen LogP contribution in [0.5, 0.6) is 0 Å². The van der Waals surface area contributed by atoms with E-state index >= 15 is 0 Å². The van der Waals surface area contributed by atoms with Crippen LogP contribution in [-0.4, -0.2) is 49.8 Å². The van der Waals surface area contributed by atoms with Crippen molar-refractivity contribution in [2.45, 2.75) is 30.7 Å². The number of halogens is 1. The number of sulfonamides is 1. The molecule has 3 rings (SSSR count). The lowest BCUT2D eigenvalue weighted by Gasteiger charge is -2.36. The van der Waals surface area contributed by atoms with Crippen LogP contribution < -0.4 is 5.73 Å². The Bertz CT molecular complexity index is 639. The fourth-order valence-electron chi connectivity index (χ4n) is 3.15. The van der Waals surface area contributed by atoms with Gasteiger partial charge in [-0.2, -0.15) is 4.31 Å². The molecule has 21 heavy (non-hydrogen) atoms. The van der Waals surface area contributed by atoms with Gasteiger partial charge in [-0.15, -0.1) is 0 Å². The highest BCUT2D eigenvalue weighted by Gasteiger charge is 2.36. The number of nitrogen functional groups attached to an aromatic ring is 1. The fraction of sp³-hybridized carbons (Fsp3) is 0.571. The van der Waals surface area contributed by atoms with Crippen LogP contribution in [-0.2, 0) is 10.0 Å². The van der Waals surface area contributed by atoms with Crippen molar-refractivity contribution in [1.82, 2.24) is 9.21 Å². The second kappa shape index (κ2) is 5.23. The van der Waals surface area contributed by atoms with Crippen LogP contribution in [0.1, 0.15) is 18.4 Å². The lowest BCUT2D eigenvalue weighted by molar-refractivity contribution is 0.158. The van der Waals surface area contributed by atoms with Crippen molar-refractivity contribution in [2.24, 2.45) is 0 Å². The Kier molecular flexibility index (Phi) is 3.67. The molecule has 116 valence electrons. The van der Waals surface area contributed by atoms with E-state index in [2.05, 4.69) is 4.90 Å². The largest absolute Gasteiger partial charge is 0.398 e. The van der Waals surface area contributed by atoms with Gasteiger partial charge in [0.05, 0.1) is 4.90 Å². The Morgan fingerprint density at radius 2 is 2.05 bits per heavy atom. The first-order chi connectivity index (χ1) is 9.89. The van der Waals surface area contributed by atoms with Crippen molar-refractivity contribution >= 4 is 15.7 Å². The maximum atomic E-state index is 13.8. The van der Waals surface area contributed by atoms with Gasteiger partial charge in [0, 0.05) is 36.9 Å². The molecule has 2 saturated heterocycles. The summed E-state index contributed by atoms with van der Waals surface area (Å²) in [6.07, 6.45) is 2.14. The van der Waals surface area contributed by atoms with Crippen LogP contribution >= 0.6 is 0 Å². The smallest absolute Gasteiger partial charge is 0.243 e. The number of rotatable bonds is 2. The molecule has 2 aliphatic heterocycles. The Balaban J connectivity index is 1.90. The molecule has 0 aliphatic carbocycles. The van der Waals surface area contributed by atoms with Gasteiger partial charge in [-0.1, -0.05) is 0 Å². The van der Waals surface area contributed by atoms with E-state index in [9.17, 15) is 12.8 Å². The molecule has 1 aromatic rings. The number of hydrogen-bond acceptors (Lipinski definition) is 4. The molecule has 1 unspecified atom stereocenters. The number of fused-ring (bicyclic) bond motifs is 1. The second-order valence-corrected chi connectivity index (χ2v) is 7.75. The summed E-state index contributed by atoms with van der Waals surface area (Å²) in [4.78, 5) is 2.28. The first-order valence-electron chi connectivity index (χ1n) is 7.19. The van der Waals surface area contributed by atoms with Gasteiger partial charge in [0.2, 0.25) is 10.0 Å². The predicted molar refractivity (Wildman–Crippen MR) is 78.9 cm³/mol. The molecule has 2 fully saturated rings. The fourth-order valence-corrected chi connectivity index (χ4v) is 4.67. The summed E-state index contributed by atoms with van der Waals surface area (Å²) in [5, 5.41) is 0. The van der Waals surface area contributed by atoms with Gasteiger partial charge in [0.15, 0.2) is 0 Å². The Hall–Kier alpha value is -1.18. The standard InChI is InChI=1S/C14H20FN3O2S/c1-10-13(15)7-12(8-14(10)16)21(19,20)18-6-5-17-4-2-3-11(17)9-18/h7-8,11H,2-6,9,16H2,1H3. The summed E-state index contributed by atoms with van der Waals surface area (Å²) in [5.74, 6) is -0.576. The third kappa shape index (κ3) is 2.54. The van der Waals surface area contributed by atoms with E-state index in [1.807, 2.05) is 0 Å². The molecule has 2 N–H and O–H groups in total. The predicted octanol–water partition coefficient (Wildman–Crippen LogP) is 1.19. The summed E-state index contributed by atoms with van der Waals surface area (Å²) in [6, 6.07) is 2.72. The van der Waals surface area contributed by atoms with E-state index < -0.39 is 15.8 Å². The van der Waals surface area contributed by atoms with Crippen LogP contribution in [0, 0.1) is 12.7 Å². The van der Waals surface area contributed by atoms with Gasteiger partial charge < -0.3 is 5.73 Å². The van der Waals surface area contributed by atoms with Crippen LogP contribution in [0.3, 0.4) is 0 Å². The summed E-state index contributed by atoms with van der Waals surface area (Å²) in [5.41, 5.74) is 6.16. The Labute approximate surface area is 124 Å². The van der Waals surface area contributed by atoms with Crippen molar-refractivity contribution < 1.29 is 12.8 Å². The minimum atomic E-state index is -3.68. The van der Waals surface area contributed by atoms with Crippen LogP contribution in [0.2, 0.25) is 0 Å². The Morgan fingerprint density at radius 3 is 2.76 bits per heavy atom. The summed E-state index contributed by atoms with van der Waals surface area (Å²) < 4.78 is 40.6. The van der Waals surface area contributed by atoms with E-state index in [4.69, 9.17) is 5.73 Å². The van der Waals surface area contributed by atoms with Crippen molar-refractivity contribution in [3.8, 4) is 0 Å². The lowest BCUT2D eigenvalue weighted by Crippen LogP contribution is -2.51. The quantitative estimate of drug-likeness (QED) is 0.833. The van der Waals surface area contributed by atoms with E-state index in [1.54, 1.807) is 6.92 Å². The molecule has 1 aromatic carbocycles. The van der Waals surface area contributed by atoms with Crippen molar-refractivity contribution in [1.29, 1.82) is 0 Å². The van der Waals surface area contributed by atoms with E-state index in [0.717, 1.165) is 32.0 Å². The van der Waals surface area contributed by atoms with Crippen LogP contribution in [0.4, 0.5) is 10.1 Å². The number of nitrogens with two attached hydrogens (primary N) is 1. The highest BCUT2D eigenvalue weighted by Crippen LogP contribution is 2.28. The monoisotopic (exact) mass is 313 g/mol. The van der Waals surface area contributed by atoms with Gasteiger partial charge in [0.1, 0.15) is 5.82 Å². The van der Waals surface area contributed by atoms with Crippen molar-refractivity contribution in [3.63, 3.8) is 0 Å². The average molecular weight is 313 g/mol. The van der Waals surface area contributed by atoms with E-state index in [1.165, 1.54) is 10.4 Å². The normalized spacial score (nSPS) is 24.2. The van der Waals surface area contributed by atoms with Gasteiger partial charge in [-0.25, -0.2) is 12.8 Å². The van der Waals surface area contributed by atoms with Crippen LogP contribution in [0.25, 0.3) is 0 Å². The molecule has 0 amide bonds. The molecule has 0 radical (unpaired) electrons. The number of nitrogens with zero attached hydrogens (tertiary/aromatic N) is 2. The minimum Gasteiger partial charge on any atom is -0.398 e. The highest BCUT2D eigenvalue weighted by molar-refractivity contribution is 7.89. The number of hydrogen-bond donors (Lipinski definition) is 1. The van der Waals surface area contributed by atoms with E-state index in [0.29, 0.717) is 19.1 Å². The summed E-state index contributed by atoms with van der Waals surface area (Å²) >= 11 is 0. The zero-order valence-corrected chi connectivity index (χ0v) is 12.9. The van der Waals surface area contributed by atoms with Crippen molar-refractivity contribution in [2.75, 3.05) is 31.9 Å². The molecule has 5 nitrogen and oxygen atoms in total. The SMILES string of the molecule is Cc1c(N)cc(S(=O)(=O)N2CCN3CCCC3C2)cc1F. The third-order valence-corrected chi connectivity index (χ3v) is 6.39. The molecule has 2 aliphatic rings. The van der Waals surface area contributed by atoms with Gasteiger partial charge in [-0.05, 0) is 38.4 Å². The summed E-state index contributed by atoms with van der Waals surface area (Å²) in [6.45, 7) is 4.27. The molecular weight excluding hydrogens is 293 g/mol. The van der Waals surface area contributed by atoms with E-state index in [-0.39, 0.29) is 16.1 Å². The second-order valence-electron chi connectivity index (χ2n) is 5.81. The third-order valence-electron chi connectivity index (χ3n) is 4.55. The molecule has 0 saturated carbocycles. The van der Waals surface area contributed by atoms with Crippen molar-refractivity contribution in [3.05, 3.63) is 23.5 Å². The molecule has 7 heteroatoms. The summed E-state index contributed by atoms with van der Waals surface area (Å²) in [7, 11) is -3.68. The molecule has 1 atom stereocenters. The minimum absolute atomic E-state index is 0.0467. The molecule has 0 bridgehead atoms.